The molecule has 0 aliphatic heterocycles. The zero-order valence-electron chi connectivity index (χ0n) is 19.2. The molecule has 0 bridgehead atoms. The maximum atomic E-state index is 5.56. The largest absolute Gasteiger partial charge is 0.354 e. The molecule has 0 aliphatic rings. The predicted molar refractivity (Wildman–Crippen MR) is 126 cm³/mol. The Kier molecular flexibility index (Phi) is 15.1. The van der Waals surface area contributed by atoms with Crippen molar-refractivity contribution in [2.75, 3.05) is 48.3 Å². The van der Waals surface area contributed by atoms with E-state index in [1.165, 1.54) is 32.1 Å². The van der Waals surface area contributed by atoms with Crippen LogP contribution in [0, 0.1) is 0 Å². The van der Waals surface area contributed by atoms with Crippen LogP contribution < -0.4 is 21.3 Å². The summed E-state index contributed by atoms with van der Waals surface area (Å²) in [6.07, 6.45) is 12.8. The zero-order chi connectivity index (χ0) is 21.2. The van der Waals surface area contributed by atoms with Gasteiger partial charge in [0.05, 0.1) is 0 Å². The van der Waals surface area contributed by atoms with Crippen LogP contribution in [0.1, 0.15) is 91.4 Å². The summed E-state index contributed by atoms with van der Waals surface area (Å²) in [4.78, 5) is 16.4. The van der Waals surface area contributed by atoms with Gasteiger partial charge in [-0.05, 0) is 38.6 Å². The van der Waals surface area contributed by atoms with E-state index >= 15 is 0 Å². The van der Waals surface area contributed by atoms with Gasteiger partial charge in [0.1, 0.15) is 0 Å². The molecule has 7 heteroatoms. The molecule has 1 aromatic rings. The Morgan fingerprint density at radius 2 is 1.17 bits per heavy atom. The summed E-state index contributed by atoms with van der Waals surface area (Å²) in [7, 11) is 0. The third-order valence-corrected chi connectivity index (χ3v) is 4.95. The molecule has 4 N–H and O–H groups in total. The number of unbranched alkanes of at least 4 members (excludes halogenated alkanes) is 7. The summed E-state index contributed by atoms with van der Waals surface area (Å²) in [5.41, 5.74) is 5.56. The van der Waals surface area contributed by atoms with Crippen molar-refractivity contribution in [2.45, 2.75) is 91.4 Å². The molecule has 0 fully saturated rings. The van der Waals surface area contributed by atoms with Crippen LogP contribution in [-0.2, 0) is 0 Å². The van der Waals surface area contributed by atoms with Crippen LogP contribution in [0.4, 0.5) is 17.8 Å². The zero-order valence-corrected chi connectivity index (χ0v) is 19.2. The van der Waals surface area contributed by atoms with Gasteiger partial charge in [-0.2, -0.15) is 15.0 Å². The van der Waals surface area contributed by atoms with Crippen LogP contribution in [-0.4, -0.2) is 47.7 Å². The van der Waals surface area contributed by atoms with Crippen LogP contribution in [0.3, 0.4) is 0 Å². The van der Waals surface area contributed by atoms with E-state index in [0.717, 1.165) is 77.2 Å². The van der Waals surface area contributed by atoms with E-state index < -0.39 is 0 Å². The minimum absolute atomic E-state index is 0.687. The number of nitrogens with two attached hydrogens (primary N) is 1. The van der Waals surface area contributed by atoms with Crippen molar-refractivity contribution >= 4 is 17.8 Å². The molecule has 0 saturated heterocycles. The van der Waals surface area contributed by atoms with Crippen molar-refractivity contribution in [2.24, 2.45) is 5.73 Å². The van der Waals surface area contributed by atoms with Crippen molar-refractivity contribution < 1.29 is 0 Å². The quantitative estimate of drug-likeness (QED) is 0.283. The maximum absolute atomic E-state index is 5.56. The molecule has 0 unspecified atom stereocenters. The SMILES string of the molecule is CCCCNc1nc(NCCCCCCCN)nc(N(CCCC)CCCC)n1. The van der Waals surface area contributed by atoms with Gasteiger partial charge in [0.2, 0.25) is 17.8 Å². The van der Waals surface area contributed by atoms with Gasteiger partial charge in [0.25, 0.3) is 0 Å². The Morgan fingerprint density at radius 1 is 0.655 bits per heavy atom. The smallest absolute Gasteiger partial charge is 0.231 e. The molecule has 0 saturated carbocycles. The Bertz CT molecular complexity index is 502. The summed E-state index contributed by atoms with van der Waals surface area (Å²) in [6, 6.07) is 0. The third-order valence-electron chi connectivity index (χ3n) is 4.95. The van der Waals surface area contributed by atoms with Crippen LogP contribution in [0.25, 0.3) is 0 Å². The molecule has 1 heterocycles. The number of anilines is 3. The Labute approximate surface area is 178 Å². The first-order valence-corrected chi connectivity index (χ1v) is 11.9. The summed E-state index contributed by atoms with van der Waals surface area (Å²) in [5, 5.41) is 6.80. The molecular formula is C22H45N7. The first-order chi connectivity index (χ1) is 14.2. The number of nitrogens with zero attached hydrogens (tertiary/aromatic N) is 4. The van der Waals surface area contributed by atoms with E-state index in [-0.39, 0.29) is 0 Å². The molecule has 7 nitrogen and oxygen atoms in total. The normalized spacial score (nSPS) is 10.9. The highest BCUT2D eigenvalue weighted by Gasteiger charge is 2.13. The molecule has 0 amide bonds. The Hall–Kier alpha value is -1.63. The number of hydrogen-bond donors (Lipinski definition) is 3. The van der Waals surface area contributed by atoms with Gasteiger partial charge in [-0.15, -0.1) is 0 Å². The Morgan fingerprint density at radius 3 is 1.72 bits per heavy atom. The summed E-state index contributed by atoms with van der Waals surface area (Å²) >= 11 is 0. The second-order valence-electron chi connectivity index (χ2n) is 7.74. The lowest BCUT2D eigenvalue weighted by molar-refractivity contribution is 0.628. The highest BCUT2D eigenvalue weighted by Crippen LogP contribution is 2.16. The van der Waals surface area contributed by atoms with Crippen LogP contribution in [0.5, 0.6) is 0 Å². The van der Waals surface area contributed by atoms with E-state index in [4.69, 9.17) is 15.7 Å². The standard InChI is InChI=1S/C22H45N7/c1-4-7-16-24-20-26-21(25-17-14-12-10-11-13-15-23)28-22(27-20)29(18-8-5-2)19-9-6-3/h4-19,23H2,1-3H3,(H2,24,25,26,27,28). The predicted octanol–water partition coefficient (Wildman–Crippen LogP) is 4.81. The molecule has 168 valence electrons. The van der Waals surface area contributed by atoms with E-state index in [1.807, 2.05) is 0 Å². The van der Waals surface area contributed by atoms with Gasteiger partial charge in [0, 0.05) is 26.2 Å². The van der Waals surface area contributed by atoms with Gasteiger partial charge in [-0.25, -0.2) is 0 Å². The molecule has 0 aliphatic carbocycles. The molecule has 1 aromatic heterocycles. The second-order valence-corrected chi connectivity index (χ2v) is 7.74. The molecular weight excluding hydrogens is 362 g/mol. The van der Waals surface area contributed by atoms with E-state index in [2.05, 4.69) is 41.3 Å². The van der Waals surface area contributed by atoms with Gasteiger partial charge in [-0.1, -0.05) is 59.3 Å². The lowest BCUT2D eigenvalue weighted by atomic mass is 10.1. The highest BCUT2D eigenvalue weighted by molar-refractivity contribution is 5.43. The number of rotatable bonds is 19. The van der Waals surface area contributed by atoms with Crippen molar-refractivity contribution in [1.82, 2.24) is 15.0 Å². The first kappa shape index (κ1) is 25.4. The van der Waals surface area contributed by atoms with Crippen LogP contribution >= 0.6 is 0 Å². The van der Waals surface area contributed by atoms with E-state index in [9.17, 15) is 0 Å². The summed E-state index contributed by atoms with van der Waals surface area (Å²) < 4.78 is 0. The first-order valence-electron chi connectivity index (χ1n) is 11.9. The molecule has 0 atom stereocenters. The van der Waals surface area contributed by atoms with E-state index in [0.29, 0.717) is 11.9 Å². The molecule has 0 spiro atoms. The summed E-state index contributed by atoms with van der Waals surface area (Å²) in [5.74, 6) is 2.17. The Balaban J connectivity index is 2.75. The highest BCUT2D eigenvalue weighted by atomic mass is 15.3. The summed E-state index contributed by atoms with van der Waals surface area (Å²) in [6.45, 7) is 11.2. The van der Waals surface area contributed by atoms with Crippen molar-refractivity contribution in [3.8, 4) is 0 Å². The van der Waals surface area contributed by atoms with Crippen LogP contribution in [0.2, 0.25) is 0 Å². The van der Waals surface area contributed by atoms with Crippen molar-refractivity contribution in [3.05, 3.63) is 0 Å². The average molecular weight is 408 g/mol. The minimum atomic E-state index is 0.687. The van der Waals surface area contributed by atoms with Crippen molar-refractivity contribution in [3.63, 3.8) is 0 Å². The van der Waals surface area contributed by atoms with Gasteiger partial charge in [0.15, 0.2) is 0 Å². The maximum Gasteiger partial charge on any atom is 0.231 e. The number of nitrogens with one attached hydrogen (secondary N) is 2. The van der Waals surface area contributed by atoms with Crippen molar-refractivity contribution in [1.29, 1.82) is 0 Å². The second kappa shape index (κ2) is 17.2. The molecule has 0 radical (unpaired) electrons. The average Bonchev–Trinajstić information content (AvgIpc) is 2.73. The fourth-order valence-corrected chi connectivity index (χ4v) is 3.05. The number of hydrogen-bond acceptors (Lipinski definition) is 7. The lowest BCUT2D eigenvalue weighted by Crippen LogP contribution is -2.28. The van der Waals surface area contributed by atoms with Crippen LogP contribution in [0.15, 0.2) is 0 Å². The molecule has 1 rings (SSSR count). The van der Waals surface area contributed by atoms with Gasteiger partial charge < -0.3 is 21.3 Å². The van der Waals surface area contributed by atoms with Gasteiger partial charge >= 0.3 is 0 Å². The van der Waals surface area contributed by atoms with Gasteiger partial charge in [-0.3, -0.25) is 0 Å². The molecule has 29 heavy (non-hydrogen) atoms. The fraction of sp³-hybridized carbons (Fsp3) is 0.864. The topological polar surface area (TPSA) is 92.0 Å². The fourth-order valence-electron chi connectivity index (χ4n) is 3.05. The molecule has 0 aromatic carbocycles. The monoisotopic (exact) mass is 407 g/mol. The lowest BCUT2D eigenvalue weighted by Gasteiger charge is -2.23. The number of aromatic nitrogens is 3. The minimum Gasteiger partial charge on any atom is -0.354 e. The third kappa shape index (κ3) is 11.8. The van der Waals surface area contributed by atoms with E-state index in [1.54, 1.807) is 0 Å².